The van der Waals surface area contributed by atoms with Crippen LogP contribution in [0.3, 0.4) is 0 Å². The van der Waals surface area contributed by atoms with Gasteiger partial charge in [-0.15, -0.1) is 0 Å². The largest absolute Gasteiger partial charge is 0.360 e. The molecule has 1 aliphatic heterocycles. The lowest BCUT2D eigenvalue weighted by atomic mass is 9.57. The highest BCUT2D eigenvalue weighted by Crippen LogP contribution is 2.52. The quantitative estimate of drug-likeness (QED) is 0.276. The summed E-state index contributed by atoms with van der Waals surface area (Å²) in [6.45, 7) is 3.70. The number of anilines is 1. The van der Waals surface area contributed by atoms with Crippen molar-refractivity contribution in [1.29, 1.82) is 0 Å². The molecule has 2 aromatic heterocycles. The number of amides is 1. The van der Waals surface area contributed by atoms with Crippen LogP contribution in [0.4, 0.5) is 5.95 Å². The van der Waals surface area contributed by atoms with Gasteiger partial charge in [-0.3, -0.25) is 4.79 Å². The third-order valence-electron chi connectivity index (χ3n) is 9.60. The van der Waals surface area contributed by atoms with Gasteiger partial charge in [0.15, 0.2) is 0 Å². The number of hydrogen-bond donors (Lipinski definition) is 3. The zero-order chi connectivity index (χ0) is 29.1. The molecule has 1 aromatic carbocycles. The first kappa shape index (κ1) is 29.1. The van der Waals surface area contributed by atoms with Gasteiger partial charge in [0, 0.05) is 60.5 Å². The van der Waals surface area contributed by atoms with Gasteiger partial charge in [-0.05, 0) is 89.4 Å². The Bertz CT molecular complexity index is 1400. The number of nitrogens with one attached hydrogen (secondary N) is 3. The maximum atomic E-state index is 12.5. The Balaban J connectivity index is 0.958. The highest BCUT2D eigenvalue weighted by Gasteiger charge is 2.46. The van der Waals surface area contributed by atoms with Crippen LogP contribution < -0.4 is 10.6 Å². The molecule has 3 aliphatic rings. The molecule has 0 radical (unpaired) electrons. The minimum Gasteiger partial charge on any atom is -0.360 e. The summed E-state index contributed by atoms with van der Waals surface area (Å²) in [7, 11) is 4.03. The van der Waals surface area contributed by atoms with Crippen LogP contribution in [0.15, 0.2) is 48.8 Å². The van der Waals surface area contributed by atoms with E-state index in [1.807, 2.05) is 43.4 Å². The Morgan fingerprint density at radius 2 is 1.98 bits per heavy atom. The lowest BCUT2D eigenvalue weighted by Gasteiger charge is -2.52. The zero-order valence-corrected chi connectivity index (χ0v) is 25.7. The number of hydrogen-bond acceptors (Lipinski definition) is 6. The van der Waals surface area contributed by atoms with E-state index in [-0.39, 0.29) is 5.91 Å². The van der Waals surface area contributed by atoms with Gasteiger partial charge in [0.2, 0.25) is 11.9 Å². The molecule has 0 unspecified atom stereocenters. The fraction of sp³-hybridized carbons (Fsp3) is 0.545. The van der Waals surface area contributed by atoms with Crippen molar-refractivity contribution >= 4 is 34.4 Å². The molecule has 42 heavy (non-hydrogen) atoms. The van der Waals surface area contributed by atoms with Gasteiger partial charge < -0.3 is 25.4 Å². The summed E-state index contributed by atoms with van der Waals surface area (Å²) < 4.78 is 0. The monoisotopic (exact) mass is 589 g/mol. The Labute approximate surface area is 254 Å². The van der Waals surface area contributed by atoms with Crippen LogP contribution in [0.2, 0.25) is 5.02 Å². The van der Waals surface area contributed by atoms with Crippen molar-refractivity contribution in [2.45, 2.75) is 63.5 Å². The third-order valence-corrected chi connectivity index (χ3v) is 9.88. The van der Waals surface area contributed by atoms with E-state index >= 15 is 0 Å². The van der Waals surface area contributed by atoms with E-state index in [0.29, 0.717) is 28.5 Å². The first-order chi connectivity index (χ1) is 20.4. The van der Waals surface area contributed by atoms with E-state index in [0.717, 1.165) is 79.9 Å². The molecule has 2 aliphatic carbocycles. The average Bonchev–Trinajstić information content (AvgIpc) is 3.40. The van der Waals surface area contributed by atoms with Gasteiger partial charge >= 0.3 is 0 Å². The first-order valence-electron chi connectivity index (χ1n) is 15.6. The van der Waals surface area contributed by atoms with Crippen LogP contribution >= 0.6 is 11.6 Å². The summed E-state index contributed by atoms with van der Waals surface area (Å²) in [4.78, 5) is 29.3. The summed E-state index contributed by atoms with van der Waals surface area (Å²) in [5.41, 5.74) is 3.28. The smallest absolute Gasteiger partial charge is 0.246 e. The third kappa shape index (κ3) is 6.66. The number of halogens is 1. The number of aromatic nitrogens is 3. The number of fused-ring (bicyclic) bond motifs is 1. The molecule has 8 nitrogen and oxygen atoms in total. The molecule has 1 amide bonds. The molecule has 9 heteroatoms. The van der Waals surface area contributed by atoms with E-state index < -0.39 is 0 Å². The number of likely N-dealkylation sites (tertiary alicyclic amines) is 1. The number of carbonyl (C=O) groups excluding carboxylic acids is 1. The molecule has 3 fully saturated rings. The highest BCUT2D eigenvalue weighted by molar-refractivity contribution is 6.33. The van der Waals surface area contributed by atoms with Crippen molar-refractivity contribution in [2.24, 2.45) is 11.3 Å². The summed E-state index contributed by atoms with van der Waals surface area (Å²) in [6, 6.07) is 9.06. The van der Waals surface area contributed by atoms with Gasteiger partial charge in [-0.2, -0.15) is 0 Å². The molecule has 3 N–H and O–H groups in total. The zero-order valence-electron chi connectivity index (χ0n) is 24.9. The molecule has 1 spiro atoms. The number of aromatic amines is 1. The fourth-order valence-electron chi connectivity index (χ4n) is 7.30. The molecule has 6 rings (SSSR count). The van der Waals surface area contributed by atoms with Crippen LogP contribution in [0.5, 0.6) is 0 Å². The second-order valence-electron chi connectivity index (χ2n) is 13.0. The number of H-pyrrole nitrogens is 1. The van der Waals surface area contributed by atoms with Gasteiger partial charge in [0.25, 0.3) is 0 Å². The first-order valence-corrected chi connectivity index (χ1v) is 15.9. The number of nitrogens with zero attached hydrogens (tertiary/aromatic N) is 4. The van der Waals surface area contributed by atoms with E-state index in [1.165, 1.54) is 25.7 Å². The lowest BCUT2D eigenvalue weighted by Crippen LogP contribution is -2.51. The lowest BCUT2D eigenvalue weighted by molar-refractivity contribution is -0.130. The maximum absolute atomic E-state index is 12.5. The van der Waals surface area contributed by atoms with Crippen molar-refractivity contribution in [2.75, 3.05) is 45.6 Å². The van der Waals surface area contributed by atoms with Gasteiger partial charge in [-0.1, -0.05) is 35.9 Å². The van der Waals surface area contributed by atoms with E-state index in [1.54, 1.807) is 12.3 Å². The predicted octanol–water partition coefficient (Wildman–Crippen LogP) is 5.73. The Morgan fingerprint density at radius 1 is 1.19 bits per heavy atom. The molecule has 3 heterocycles. The standard InChI is InChI=1S/C33H44ClN7O/c1-40(2)14-6-11-30(42)41-15-12-33(13-16-41)18-23(19-33)20-35-24-7-5-8-25(17-24)38-32-37-22-28(34)31(39-32)27-21-36-29-10-4-3-9-26(27)29/h3-4,6,9-11,21-25,35-36H,5,7-8,12-20H2,1-2H3,(H,37,38,39)/b11-6+/t24-,25+/m0/s1. The fourth-order valence-corrected chi connectivity index (χ4v) is 7.50. The molecule has 1 saturated heterocycles. The second kappa shape index (κ2) is 12.7. The topological polar surface area (TPSA) is 89.2 Å². The molecule has 2 saturated carbocycles. The average molecular weight is 590 g/mol. The van der Waals surface area contributed by atoms with Crippen LogP contribution in [0.1, 0.15) is 51.4 Å². The predicted molar refractivity (Wildman–Crippen MR) is 171 cm³/mol. The summed E-state index contributed by atoms with van der Waals surface area (Å²) in [6.07, 6.45) is 16.9. The Kier molecular flexibility index (Phi) is 8.84. The number of likely N-dealkylation sites (N-methyl/N-ethyl adjacent to an activating group) is 1. The van der Waals surface area contributed by atoms with Crippen molar-refractivity contribution < 1.29 is 4.79 Å². The van der Waals surface area contributed by atoms with Crippen LogP contribution in [0.25, 0.3) is 22.2 Å². The van der Waals surface area contributed by atoms with Crippen molar-refractivity contribution in [3.8, 4) is 11.3 Å². The SMILES string of the molecule is CN(C)C/C=C/C(=O)N1CCC2(CC1)CC(CN[C@H]1CCC[C@@H](Nc3ncc(Cl)c(-c4c[nH]c5ccccc45)n3)C1)C2. The van der Waals surface area contributed by atoms with Gasteiger partial charge in [-0.25, -0.2) is 9.97 Å². The molecular weight excluding hydrogens is 546 g/mol. The van der Waals surface area contributed by atoms with E-state index in [2.05, 4.69) is 37.6 Å². The molecule has 224 valence electrons. The van der Waals surface area contributed by atoms with Gasteiger partial charge in [0.05, 0.1) is 16.9 Å². The minimum absolute atomic E-state index is 0.169. The van der Waals surface area contributed by atoms with E-state index in [9.17, 15) is 4.79 Å². The molecule has 0 bridgehead atoms. The maximum Gasteiger partial charge on any atom is 0.246 e. The Morgan fingerprint density at radius 3 is 2.79 bits per heavy atom. The van der Waals surface area contributed by atoms with Crippen molar-refractivity contribution in [3.05, 3.63) is 53.8 Å². The summed E-state index contributed by atoms with van der Waals surface area (Å²) >= 11 is 6.55. The summed E-state index contributed by atoms with van der Waals surface area (Å²) in [5, 5.41) is 9.17. The highest BCUT2D eigenvalue weighted by atomic mass is 35.5. The molecular formula is C33H44ClN7O. The van der Waals surface area contributed by atoms with Gasteiger partial charge in [0.1, 0.15) is 0 Å². The number of benzene rings is 1. The van der Waals surface area contributed by atoms with Crippen molar-refractivity contribution in [1.82, 2.24) is 30.1 Å². The minimum atomic E-state index is 0.169. The van der Waals surface area contributed by atoms with Crippen molar-refractivity contribution in [3.63, 3.8) is 0 Å². The second-order valence-corrected chi connectivity index (χ2v) is 13.4. The molecule has 2 atom stereocenters. The van der Waals surface area contributed by atoms with Crippen LogP contribution in [-0.2, 0) is 4.79 Å². The van der Waals surface area contributed by atoms with Crippen LogP contribution in [-0.4, -0.2) is 83.0 Å². The van der Waals surface area contributed by atoms with E-state index in [4.69, 9.17) is 16.6 Å². The number of para-hydroxylation sites is 1. The Hall–Kier alpha value is -2.94. The molecule has 3 aromatic rings. The number of piperidine rings is 1. The number of carbonyl (C=O) groups is 1. The summed E-state index contributed by atoms with van der Waals surface area (Å²) in [5.74, 6) is 1.56. The van der Waals surface area contributed by atoms with Crippen LogP contribution in [0, 0.1) is 11.3 Å². The number of rotatable bonds is 9. The normalized spacial score (nSPS) is 22.7.